The molecule has 0 heterocycles. The molecule has 0 aromatic rings. The number of aliphatic hydroxyl groups excluding tert-OH is 1. The third-order valence-electron chi connectivity index (χ3n) is 1.78. The number of rotatable bonds is 4. The molecule has 0 amide bonds. The number of terminal acetylenes is 1. The van der Waals surface area contributed by atoms with E-state index in [4.69, 9.17) is 11.5 Å². The highest BCUT2D eigenvalue weighted by Gasteiger charge is 2.27. The molecule has 0 bridgehead atoms. The van der Waals surface area contributed by atoms with E-state index in [0.29, 0.717) is 6.42 Å². The van der Waals surface area contributed by atoms with Crippen molar-refractivity contribution in [1.29, 1.82) is 0 Å². The van der Waals surface area contributed by atoms with Gasteiger partial charge >= 0.3 is 0 Å². The van der Waals surface area contributed by atoms with Crippen LogP contribution in [0.3, 0.4) is 0 Å². The lowest BCUT2D eigenvalue weighted by molar-refractivity contribution is -0.0401. The van der Waals surface area contributed by atoms with Crippen LogP contribution in [0.4, 0.5) is 0 Å². The molecule has 0 saturated carbocycles. The van der Waals surface area contributed by atoms with Crippen LogP contribution < -0.4 is 0 Å². The highest BCUT2D eigenvalue weighted by Crippen LogP contribution is 2.17. The molecule has 2 atom stereocenters. The van der Waals surface area contributed by atoms with E-state index in [1.54, 1.807) is 6.92 Å². The molecule has 0 aromatic heterocycles. The first-order chi connectivity index (χ1) is 5.04. The molecule has 0 rings (SSSR count). The Balaban J connectivity index is 3.90. The lowest BCUT2D eigenvalue weighted by Crippen LogP contribution is -2.37. The van der Waals surface area contributed by atoms with E-state index in [0.717, 1.165) is 12.8 Å². The lowest BCUT2D eigenvalue weighted by atomic mass is 9.93. The molecule has 0 radical (unpaired) electrons. The van der Waals surface area contributed by atoms with Crippen LogP contribution in [0.1, 0.15) is 33.1 Å². The third kappa shape index (κ3) is 3.41. The zero-order valence-corrected chi connectivity index (χ0v) is 7.17. The van der Waals surface area contributed by atoms with Crippen molar-refractivity contribution in [1.82, 2.24) is 0 Å². The first kappa shape index (κ1) is 10.5. The van der Waals surface area contributed by atoms with E-state index in [1.165, 1.54) is 0 Å². The normalized spacial score (nSPS) is 18.5. The number of hydrogen-bond donors (Lipinski definition) is 2. The second kappa shape index (κ2) is 4.38. The summed E-state index contributed by atoms with van der Waals surface area (Å²) in [5.74, 6) is 2.12. The minimum Gasteiger partial charge on any atom is -0.386 e. The Morgan fingerprint density at radius 1 is 1.64 bits per heavy atom. The van der Waals surface area contributed by atoms with Gasteiger partial charge in [-0.2, -0.15) is 0 Å². The average molecular weight is 156 g/mol. The average Bonchev–Trinajstić information content (AvgIpc) is 1.99. The number of hydrogen-bond acceptors (Lipinski definition) is 2. The van der Waals surface area contributed by atoms with Gasteiger partial charge in [-0.3, -0.25) is 0 Å². The van der Waals surface area contributed by atoms with E-state index in [-0.39, 0.29) is 0 Å². The van der Waals surface area contributed by atoms with Crippen molar-refractivity contribution in [2.45, 2.75) is 44.8 Å². The first-order valence-electron chi connectivity index (χ1n) is 3.91. The summed E-state index contributed by atoms with van der Waals surface area (Å²) in [7, 11) is 0. The molecule has 0 aliphatic rings. The summed E-state index contributed by atoms with van der Waals surface area (Å²) in [4.78, 5) is 0. The molecule has 64 valence electrons. The Hall–Kier alpha value is -0.520. The van der Waals surface area contributed by atoms with Gasteiger partial charge in [0.25, 0.3) is 0 Å². The van der Waals surface area contributed by atoms with Crippen LogP contribution in [0, 0.1) is 12.3 Å². The van der Waals surface area contributed by atoms with Crippen LogP contribution in [-0.2, 0) is 0 Å². The predicted molar refractivity (Wildman–Crippen MR) is 45.0 cm³/mol. The van der Waals surface area contributed by atoms with Crippen molar-refractivity contribution in [3.8, 4) is 12.3 Å². The van der Waals surface area contributed by atoms with E-state index in [2.05, 4.69) is 5.92 Å². The van der Waals surface area contributed by atoms with Gasteiger partial charge in [0.05, 0.1) is 5.60 Å². The van der Waals surface area contributed by atoms with E-state index >= 15 is 0 Å². The van der Waals surface area contributed by atoms with Crippen molar-refractivity contribution in [3.05, 3.63) is 0 Å². The van der Waals surface area contributed by atoms with E-state index in [1.807, 2.05) is 6.92 Å². The Morgan fingerprint density at radius 3 is 2.55 bits per heavy atom. The summed E-state index contributed by atoms with van der Waals surface area (Å²) in [6.07, 6.45) is 6.35. The van der Waals surface area contributed by atoms with Crippen molar-refractivity contribution < 1.29 is 10.2 Å². The monoisotopic (exact) mass is 156 g/mol. The molecule has 2 N–H and O–H groups in total. The zero-order valence-electron chi connectivity index (χ0n) is 7.17. The van der Waals surface area contributed by atoms with Gasteiger partial charge in [0.15, 0.2) is 0 Å². The summed E-state index contributed by atoms with van der Waals surface area (Å²) in [6, 6.07) is 0. The Morgan fingerprint density at radius 2 is 2.18 bits per heavy atom. The Bertz CT molecular complexity index is 144. The maximum absolute atomic E-state index is 9.52. The van der Waals surface area contributed by atoms with Gasteiger partial charge in [-0.1, -0.05) is 25.7 Å². The molecular weight excluding hydrogens is 140 g/mol. The van der Waals surface area contributed by atoms with Crippen LogP contribution >= 0.6 is 0 Å². The molecule has 11 heavy (non-hydrogen) atoms. The fraction of sp³-hybridized carbons (Fsp3) is 0.778. The van der Waals surface area contributed by atoms with E-state index in [9.17, 15) is 5.11 Å². The Kier molecular flexibility index (Phi) is 4.17. The standard InChI is InChI=1S/C9H16O2/c1-4-6-7-9(3,11)8(10)5-2/h2,8,10-11H,4,6-7H2,1,3H3. The fourth-order valence-corrected chi connectivity index (χ4v) is 0.851. The Labute approximate surface area is 68.2 Å². The van der Waals surface area contributed by atoms with Crippen LogP contribution in [0.15, 0.2) is 0 Å². The molecule has 2 heteroatoms. The topological polar surface area (TPSA) is 40.5 Å². The van der Waals surface area contributed by atoms with Crippen molar-refractivity contribution in [3.63, 3.8) is 0 Å². The minimum atomic E-state index is -1.12. The molecular formula is C9H16O2. The van der Waals surface area contributed by atoms with Gasteiger partial charge in [0.1, 0.15) is 6.10 Å². The molecule has 0 spiro atoms. The summed E-state index contributed by atoms with van der Waals surface area (Å²) < 4.78 is 0. The van der Waals surface area contributed by atoms with Crippen LogP contribution in [0.5, 0.6) is 0 Å². The molecule has 0 aromatic carbocycles. The minimum absolute atomic E-state index is 0.550. The lowest BCUT2D eigenvalue weighted by Gasteiger charge is -2.25. The predicted octanol–water partition coefficient (Wildman–Crippen LogP) is 0.922. The van der Waals surface area contributed by atoms with Crippen LogP contribution in [-0.4, -0.2) is 21.9 Å². The van der Waals surface area contributed by atoms with Crippen LogP contribution in [0.25, 0.3) is 0 Å². The molecule has 0 fully saturated rings. The quantitative estimate of drug-likeness (QED) is 0.594. The number of unbranched alkanes of at least 4 members (excludes halogenated alkanes) is 1. The van der Waals surface area contributed by atoms with Gasteiger partial charge in [-0.25, -0.2) is 0 Å². The maximum Gasteiger partial charge on any atom is 0.142 e. The molecule has 0 aliphatic heterocycles. The smallest absolute Gasteiger partial charge is 0.142 e. The molecule has 2 nitrogen and oxygen atoms in total. The maximum atomic E-state index is 9.52. The third-order valence-corrected chi connectivity index (χ3v) is 1.78. The summed E-state index contributed by atoms with van der Waals surface area (Å²) in [5, 5.41) is 18.6. The van der Waals surface area contributed by atoms with Gasteiger partial charge in [0, 0.05) is 0 Å². The number of aliphatic hydroxyl groups is 2. The van der Waals surface area contributed by atoms with Gasteiger partial charge in [-0.05, 0) is 13.3 Å². The molecule has 2 unspecified atom stereocenters. The summed E-state index contributed by atoms with van der Waals surface area (Å²) in [6.45, 7) is 3.59. The van der Waals surface area contributed by atoms with Crippen molar-refractivity contribution in [2.75, 3.05) is 0 Å². The van der Waals surface area contributed by atoms with Gasteiger partial charge < -0.3 is 10.2 Å². The van der Waals surface area contributed by atoms with Crippen LogP contribution in [0.2, 0.25) is 0 Å². The second-order valence-electron chi connectivity index (χ2n) is 3.03. The van der Waals surface area contributed by atoms with E-state index < -0.39 is 11.7 Å². The van der Waals surface area contributed by atoms with Crippen molar-refractivity contribution >= 4 is 0 Å². The molecule has 0 aliphatic carbocycles. The summed E-state index contributed by atoms with van der Waals surface area (Å²) >= 11 is 0. The highest BCUT2D eigenvalue weighted by molar-refractivity contribution is 5.03. The second-order valence-corrected chi connectivity index (χ2v) is 3.03. The van der Waals surface area contributed by atoms with Gasteiger partial charge in [0.2, 0.25) is 0 Å². The highest BCUT2D eigenvalue weighted by atomic mass is 16.3. The first-order valence-corrected chi connectivity index (χ1v) is 3.91. The van der Waals surface area contributed by atoms with Crippen molar-refractivity contribution in [2.24, 2.45) is 0 Å². The largest absolute Gasteiger partial charge is 0.386 e. The summed E-state index contributed by atoms with van der Waals surface area (Å²) in [5.41, 5.74) is -1.12. The zero-order chi connectivity index (χ0) is 8.91. The molecule has 0 saturated heterocycles. The van der Waals surface area contributed by atoms with Gasteiger partial charge in [-0.15, -0.1) is 6.42 Å². The fourth-order valence-electron chi connectivity index (χ4n) is 0.851. The SMILES string of the molecule is C#CC(O)C(C)(O)CCCC.